The first kappa shape index (κ1) is 14.7. The standard InChI is InChI=1S/C16H13FN2O2/c1-10-3-4-11(7-15(10)21-2)16(20)13(8-18)14-6-5-12(17)9-19-14/h3-7,9,13H,1-2H3/t13-/m1/s1. The number of rotatable bonds is 4. The molecule has 1 heterocycles. The van der Waals surface area contributed by atoms with Gasteiger partial charge in [-0.3, -0.25) is 9.78 Å². The Balaban J connectivity index is 2.37. The number of aromatic nitrogens is 1. The molecule has 0 radical (unpaired) electrons. The Kier molecular flexibility index (Phi) is 4.29. The molecule has 0 aliphatic carbocycles. The van der Waals surface area contributed by atoms with Crippen LogP contribution < -0.4 is 4.74 Å². The van der Waals surface area contributed by atoms with Gasteiger partial charge in [0.05, 0.1) is 25.1 Å². The third-order valence-electron chi connectivity index (χ3n) is 3.13. The highest BCUT2D eigenvalue weighted by Crippen LogP contribution is 2.24. The number of pyridine rings is 1. The summed E-state index contributed by atoms with van der Waals surface area (Å²) in [5.41, 5.74) is 1.47. The number of nitriles is 1. The Morgan fingerprint density at radius 2 is 2.14 bits per heavy atom. The highest BCUT2D eigenvalue weighted by molar-refractivity contribution is 6.02. The lowest BCUT2D eigenvalue weighted by atomic mass is 9.94. The number of ether oxygens (including phenoxy) is 1. The monoisotopic (exact) mass is 284 g/mol. The Labute approximate surface area is 121 Å². The molecule has 21 heavy (non-hydrogen) atoms. The summed E-state index contributed by atoms with van der Waals surface area (Å²) in [6, 6.07) is 9.40. The molecule has 5 heteroatoms. The summed E-state index contributed by atoms with van der Waals surface area (Å²) in [4.78, 5) is 16.2. The molecule has 1 aromatic heterocycles. The van der Waals surface area contributed by atoms with Crippen LogP contribution in [-0.2, 0) is 0 Å². The molecule has 0 aliphatic heterocycles. The van der Waals surface area contributed by atoms with Crippen molar-refractivity contribution in [3.8, 4) is 11.8 Å². The fraction of sp³-hybridized carbons (Fsp3) is 0.188. The number of hydrogen-bond acceptors (Lipinski definition) is 4. The molecule has 4 nitrogen and oxygen atoms in total. The number of hydrogen-bond donors (Lipinski definition) is 0. The Bertz CT molecular complexity index is 705. The number of ketones is 1. The summed E-state index contributed by atoms with van der Waals surface area (Å²) in [5, 5.41) is 9.23. The van der Waals surface area contributed by atoms with E-state index in [1.807, 2.05) is 13.0 Å². The van der Waals surface area contributed by atoms with Crippen LogP contribution in [0, 0.1) is 24.1 Å². The van der Waals surface area contributed by atoms with E-state index in [0.29, 0.717) is 11.3 Å². The van der Waals surface area contributed by atoms with Crippen molar-refractivity contribution in [3.05, 3.63) is 59.2 Å². The van der Waals surface area contributed by atoms with Gasteiger partial charge in [-0.2, -0.15) is 5.26 Å². The van der Waals surface area contributed by atoms with Crippen molar-refractivity contribution >= 4 is 5.78 Å². The van der Waals surface area contributed by atoms with Crippen molar-refractivity contribution in [2.45, 2.75) is 12.8 Å². The summed E-state index contributed by atoms with van der Waals surface area (Å²) < 4.78 is 18.0. The third kappa shape index (κ3) is 3.06. The van der Waals surface area contributed by atoms with Crippen molar-refractivity contribution in [2.75, 3.05) is 7.11 Å². The van der Waals surface area contributed by atoms with Crippen LogP contribution in [0.5, 0.6) is 5.75 Å². The van der Waals surface area contributed by atoms with Crippen molar-refractivity contribution in [3.63, 3.8) is 0 Å². The maximum absolute atomic E-state index is 12.9. The van der Waals surface area contributed by atoms with Gasteiger partial charge in [0.15, 0.2) is 11.7 Å². The molecule has 1 atom stereocenters. The van der Waals surface area contributed by atoms with Gasteiger partial charge in [-0.15, -0.1) is 0 Å². The average molecular weight is 284 g/mol. The summed E-state index contributed by atoms with van der Waals surface area (Å²) >= 11 is 0. The van der Waals surface area contributed by atoms with E-state index in [4.69, 9.17) is 4.74 Å². The van der Waals surface area contributed by atoms with Crippen LogP contribution in [0.4, 0.5) is 4.39 Å². The lowest BCUT2D eigenvalue weighted by Crippen LogP contribution is -2.13. The maximum atomic E-state index is 12.9. The normalized spacial score (nSPS) is 11.5. The zero-order valence-corrected chi connectivity index (χ0v) is 11.6. The Morgan fingerprint density at radius 1 is 1.38 bits per heavy atom. The average Bonchev–Trinajstić information content (AvgIpc) is 2.50. The van der Waals surface area contributed by atoms with Gasteiger partial charge in [0.1, 0.15) is 11.6 Å². The minimum absolute atomic E-state index is 0.225. The molecule has 0 saturated carbocycles. The second kappa shape index (κ2) is 6.14. The van der Waals surface area contributed by atoms with Gasteiger partial charge >= 0.3 is 0 Å². The highest BCUT2D eigenvalue weighted by atomic mass is 19.1. The zero-order chi connectivity index (χ0) is 15.4. The minimum atomic E-state index is -1.07. The number of carbonyl (C=O) groups excluding carboxylic acids is 1. The summed E-state index contributed by atoms with van der Waals surface area (Å²) in [7, 11) is 1.51. The number of nitrogens with zero attached hydrogens (tertiary/aromatic N) is 2. The molecular weight excluding hydrogens is 271 g/mol. The van der Waals surface area contributed by atoms with E-state index in [2.05, 4.69) is 4.98 Å². The topological polar surface area (TPSA) is 63.0 Å². The predicted octanol–water partition coefficient (Wildman–Crippen LogP) is 3.03. The van der Waals surface area contributed by atoms with Crippen LogP contribution >= 0.6 is 0 Å². The van der Waals surface area contributed by atoms with Crippen LogP contribution in [0.15, 0.2) is 36.5 Å². The molecule has 1 aromatic carbocycles. The molecule has 0 fully saturated rings. The lowest BCUT2D eigenvalue weighted by molar-refractivity contribution is 0.0977. The van der Waals surface area contributed by atoms with Crippen molar-refractivity contribution in [1.29, 1.82) is 5.26 Å². The van der Waals surface area contributed by atoms with Gasteiger partial charge in [0.25, 0.3) is 0 Å². The number of carbonyl (C=O) groups is 1. The van der Waals surface area contributed by atoms with Crippen LogP contribution in [0.2, 0.25) is 0 Å². The number of aryl methyl sites for hydroxylation is 1. The fourth-order valence-corrected chi connectivity index (χ4v) is 1.96. The van der Waals surface area contributed by atoms with Gasteiger partial charge in [-0.25, -0.2) is 4.39 Å². The van der Waals surface area contributed by atoms with E-state index in [-0.39, 0.29) is 5.69 Å². The Morgan fingerprint density at radius 3 is 2.71 bits per heavy atom. The minimum Gasteiger partial charge on any atom is -0.496 e. The quantitative estimate of drug-likeness (QED) is 0.809. The van der Waals surface area contributed by atoms with Crippen molar-refractivity contribution < 1.29 is 13.9 Å². The first-order valence-corrected chi connectivity index (χ1v) is 6.26. The molecule has 0 bridgehead atoms. The molecule has 2 rings (SSSR count). The molecule has 0 saturated heterocycles. The van der Waals surface area contributed by atoms with Gasteiger partial charge in [0.2, 0.25) is 0 Å². The number of Topliss-reactive ketones (excluding diaryl/α,β-unsaturated/α-hetero) is 1. The van der Waals surface area contributed by atoms with Crippen molar-refractivity contribution in [2.24, 2.45) is 0 Å². The lowest BCUT2D eigenvalue weighted by Gasteiger charge is -2.10. The van der Waals surface area contributed by atoms with Gasteiger partial charge in [-0.1, -0.05) is 12.1 Å². The van der Waals surface area contributed by atoms with Crippen LogP contribution in [0.1, 0.15) is 27.5 Å². The summed E-state index contributed by atoms with van der Waals surface area (Å²) in [5.74, 6) is -1.41. The molecule has 106 valence electrons. The summed E-state index contributed by atoms with van der Waals surface area (Å²) in [6.45, 7) is 1.86. The smallest absolute Gasteiger partial charge is 0.186 e. The first-order valence-electron chi connectivity index (χ1n) is 6.26. The van der Waals surface area contributed by atoms with E-state index < -0.39 is 17.5 Å². The predicted molar refractivity (Wildman–Crippen MR) is 74.6 cm³/mol. The second-order valence-corrected chi connectivity index (χ2v) is 4.51. The van der Waals surface area contributed by atoms with Crippen molar-refractivity contribution in [1.82, 2.24) is 4.98 Å². The molecule has 0 amide bonds. The molecule has 0 spiro atoms. The Hall–Kier alpha value is -2.74. The van der Waals surface area contributed by atoms with E-state index >= 15 is 0 Å². The van der Waals surface area contributed by atoms with Crippen LogP contribution in [0.25, 0.3) is 0 Å². The van der Waals surface area contributed by atoms with E-state index in [9.17, 15) is 14.4 Å². The molecule has 0 aliphatic rings. The van der Waals surface area contributed by atoms with E-state index in [1.165, 1.54) is 19.2 Å². The van der Waals surface area contributed by atoms with Crippen LogP contribution in [-0.4, -0.2) is 17.9 Å². The SMILES string of the molecule is COc1cc(C(=O)[C@H](C#N)c2ccc(F)cn2)ccc1C. The second-order valence-electron chi connectivity index (χ2n) is 4.51. The van der Waals surface area contributed by atoms with Crippen LogP contribution in [0.3, 0.4) is 0 Å². The third-order valence-corrected chi connectivity index (χ3v) is 3.13. The number of methoxy groups -OCH3 is 1. The molecular formula is C16H13FN2O2. The van der Waals surface area contributed by atoms with Gasteiger partial charge in [-0.05, 0) is 30.7 Å². The molecule has 0 unspecified atom stereocenters. The molecule has 2 aromatic rings. The van der Waals surface area contributed by atoms with E-state index in [1.54, 1.807) is 18.2 Å². The summed E-state index contributed by atoms with van der Waals surface area (Å²) in [6.07, 6.45) is 0.989. The van der Waals surface area contributed by atoms with Gasteiger partial charge in [0, 0.05) is 5.56 Å². The number of halogens is 1. The number of benzene rings is 1. The zero-order valence-electron chi connectivity index (χ0n) is 11.6. The van der Waals surface area contributed by atoms with E-state index in [0.717, 1.165) is 11.8 Å². The highest BCUT2D eigenvalue weighted by Gasteiger charge is 2.23. The maximum Gasteiger partial charge on any atom is 0.186 e. The first-order chi connectivity index (χ1) is 10.1. The van der Waals surface area contributed by atoms with Gasteiger partial charge < -0.3 is 4.74 Å². The fourth-order valence-electron chi connectivity index (χ4n) is 1.96. The molecule has 0 N–H and O–H groups in total. The largest absolute Gasteiger partial charge is 0.496 e.